The number of nitrogens with two attached hydrogens (primary N) is 1. The van der Waals surface area contributed by atoms with Crippen LogP contribution in [-0.4, -0.2) is 34.8 Å². The number of aryl methyl sites for hydroxylation is 1. The number of carbonyl (C=O) groups is 1. The van der Waals surface area contributed by atoms with Crippen molar-refractivity contribution in [2.24, 2.45) is 5.73 Å². The zero-order valence-electron chi connectivity index (χ0n) is 18.9. The number of piperidine rings is 1. The molecule has 182 valence electrons. The van der Waals surface area contributed by atoms with Crippen molar-refractivity contribution < 1.29 is 27.1 Å². The van der Waals surface area contributed by atoms with Crippen molar-refractivity contribution in [3.05, 3.63) is 65.1 Å². The van der Waals surface area contributed by atoms with E-state index in [2.05, 4.69) is 4.74 Å². The number of carbonyl (C=O) groups excluding carboxylic acids is 1. The maximum absolute atomic E-state index is 14.4. The quantitative estimate of drug-likeness (QED) is 0.473. The molecular weight excluding hydrogens is 450 g/mol. The minimum atomic E-state index is -4.84. The Morgan fingerprint density at radius 3 is 2.56 bits per heavy atom. The fraction of sp³-hybridized carbons (Fsp3) is 0.400. The number of ether oxygens (including phenoxy) is 1. The van der Waals surface area contributed by atoms with E-state index in [1.807, 2.05) is 6.92 Å². The first-order chi connectivity index (χ1) is 16.2. The average Bonchev–Trinajstić information content (AvgIpc) is 3.18. The Morgan fingerprint density at radius 2 is 1.91 bits per heavy atom. The summed E-state index contributed by atoms with van der Waals surface area (Å²) in [5.41, 5.74) is 7.75. The summed E-state index contributed by atoms with van der Waals surface area (Å²) in [6.45, 7) is 3.53. The number of aromatic nitrogens is 1. The third-order valence-electron chi connectivity index (χ3n) is 6.30. The number of rotatable bonds is 6. The minimum absolute atomic E-state index is 0.0243. The van der Waals surface area contributed by atoms with Crippen LogP contribution >= 0.6 is 0 Å². The normalized spacial score (nSPS) is 15.2. The topological polar surface area (TPSA) is 60.5 Å². The molecule has 1 aliphatic heterocycles. The number of benzene rings is 2. The fourth-order valence-electron chi connectivity index (χ4n) is 4.72. The molecule has 2 aromatic carbocycles. The maximum atomic E-state index is 14.4. The first-order valence-corrected chi connectivity index (χ1v) is 11.4. The van der Waals surface area contributed by atoms with Gasteiger partial charge in [-0.2, -0.15) is 0 Å². The monoisotopic (exact) mass is 477 g/mol. The van der Waals surface area contributed by atoms with Crippen molar-refractivity contribution in [3.63, 3.8) is 0 Å². The van der Waals surface area contributed by atoms with E-state index in [0.717, 1.165) is 5.56 Å². The first kappa shape index (κ1) is 24.1. The van der Waals surface area contributed by atoms with Gasteiger partial charge in [0.15, 0.2) is 5.75 Å². The largest absolute Gasteiger partial charge is 0.573 e. The van der Waals surface area contributed by atoms with Gasteiger partial charge in [-0.05, 0) is 48.4 Å². The van der Waals surface area contributed by atoms with Gasteiger partial charge in [0.2, 0.25) is 0 Å². The highest BCUT2D eigenvalue weighted by atomic mass is 19.4. The molecule has 3 aromatic rings. The molecule has 0 atom stereocenters. The van der Waals surface area contributed by atoms with Crippen LogP contribution in [0, 0.1) is 5.82 Å². The number of hydrogen-bond donors (Lipinski definition) is 1. The molecule has 1 fully saturated rings. The van der Waals surface area contributed by atoms with Crippen LogP contribution in [0.25, 0.3) is 10.9 Å². The molecule has 4 rings (SSSR count). The highest BCUT2D eigenvalue weighted by Crippen LogP contribution is 2.36. The second-order valence-electron chi connectivity index (χ2n) is 8.56. The van der Waals surface area contributed by atoms with Crippen LogP contribution in [0.15, 0.2) is 42.6 Å². The summed E-state index contributed by atoms with van der Waals surface area (Å²) in [6, 6.07) is 9.23. The predicted octanol–water partition coefficient (Wildman–Crippen LogP) is 5.57. The third-order valence-corrected chi connectivity index (χ3v) is 6.30. The number of alkyl halides is 3. The van der Waals surface area contributed by atoms with E-state index in [9.17, 15) is 22.4 Å². The molecule has 34 heavy (non-hydrogen) atoms. The summed E-state index contributed by atoms with van der Waals surface area (Å²) < 4.78 is 59.2. The highest BCUT2D eigenvalue weighted by Gasteiger charge is 2.33. The number of fused-ring (bicyclic) bond motifs is 1. The van der Waals surface area contributed by atoms with Crippen LogP contribution in [-0.2, 0) is 13.1 Å². The smallest absolute Gasteiger partial charge is 0.404 e. The molecule has 1 aliphatic rings. The Bertz CT molecular complexity index is 1180. The van der Waals surface area contributed by atoms with E-state index < -0.39 is 6.36 Å². The molecule has 0 radical (unpaired) electrons. The molecular formula is C25H27F4N3O2. The minimum Gasteiger partial charge on any atom is -0.404 e. The van der Waals surface area contributed by atoms with Crippen LogP contribution in [0.4, 0.5) is 17.6 Å². The predicted molar refractivity (Wildman–Crippen MR) is 121 cm³/mol. The molecule has 0 spiro atoms. The van der Waals surface area contributed by atoms with E-state index in [1.165, 1.54) is 18.2 Å². The molecule has 0 bridgehead atoms. The number of para-hydroxylation sites is 1. The van der Waals surface area contributed by atoms with Gasteiger partial charge in [-0.25, -0.2) is 4.39 Å². The van der Waals surface area contributed by atoms with Gasteiger partial charge >= 0.3 is 6.36 Å². The molecule has 1 saturated heterocycles. The lowest BCUT2D eigenvalue weighted by atomic mass is 9.88. The first-order valence-electron chi connectivity index (χ1n) is 11.4. The average molecular weight is 478 g/mol. The summed E-state index contributed by atoms with van der Waals surface area (Å²) in [5, 5.41) is 0.420. The molecule has 1 aromatic heterocycles. The zero-order valence-corrected chi connectivity index (χ0v) is 18.9. The molecule has 2 heterocycles. The van der Waals surface area contributed by atoms with E-state index in [0.29, 0.717) is 62.0 Å². The van der Waals surface area contributed by atoms with Crippen molar-refractivity contribution in [2.75, 3.05) is 13.1 Å². The van der Waals surface area contributed by atoms with Crippen LogP contribution in [0.3, 0.4) is 0 Å². The van der Waals surface area contributed by atoms with Crippen molar-refractivity contribution in [1.29, 1.82) is 0 Å². The molecule has 9 heteroatoms. The van der Waals surface area contributed by atoms with Crippen molar-refractivity contribution in [1.82, 2.24) is 9.47 Å². The second-order valence-corrected chi connectivity index (χ2v) is 8.56. The van der Waals surface area contributed by atoms with Gasteiger partial charge in [0.05, 0.1) is 11.1 Å². The van der Waals surface area contributed by atoms with Crippen molar-refractivity contribution in [2.45, 2.75) is 51.6 Å². The van der Waals surface area contributed by atoms with Gasteiger partial charge in [-0.3, -0.25) is 4.79 Å². The molecule has 5 nitrogen and oxygen atoms in total. The lowest BCUT2D eigenvalue weighted by Crippen LogP contribution is -2.38. The van der Waals surface area contributed by atoms with Crippen LogP contribution in [0.2, 0.25) is 0 Å². The van der Waals surface area contributed by atoms with Crippen molar-refractivity contribution in [3.8, 4) is 5.75 Å². The molecule has 0 unspecified atom stereocenters. The summed E-state index contributed by atoms with van der Waals surface area (Å²) >= 11 is 0. The SMILES string of the molecule is CCCn1cc(C(=O)N2CCC(c3cc(CN)ccc3F)CC2)c2cccc(OC(F)(F)F)c21. The van der Waals surface area contributed by atoms with Crippen LogP contribution < -0.4 is 10.5 Å². The standard InChI is InChI=1S/C25H27F4N3O2/c1-2-10-32-15-20(18-4-3-5-22(23(18)32)34-25(27,28)29)24(33)31-11-8-17(9-12-31)19-13-16(14-30)6-7-21(19)26/h3-7,13,15,17H,2,8-12,14,30H2,1H3. The Morgan fingerprint density at radius 1 is 1.18 bits per heavy atom. The zero-order chi connectivity index (χ0) is 24.5. The molecule has 0 saturated carbocycles. The van der Waals surface area contributed by atoms with Crippen LogP contribution in [0.5, 0.6) is 5.75 Å². The van der Waals surface area contributed by atoms with E-state index in [4.69, 9.17) is 5.73 Å². The Balaban J connectivity index is 1.59. The summed E-state index contributed by atoms with van der Waals surface area (Å²) in [7, 11) is 0. The van der Waals surface area contributed by atoms with Crippen LogP contribution in [0.1, 0.15) is 53.6 Å². The second kappa shape index (κ2) is 9.66. The third kappa shape index (κ3) is 4.89. The van der Waals surface area contributed by atoms with Crippen molar-refractivity contribution >= 4 is 16.8 Å². The number of hydrogen-bond acceptors (Lipinski definition) is 3. The van der Waals surface area contributed by atoms with Gasteiger partial charge in [0, 0.05) is 37.8 Å². The summed E-state index contributed by atoms with van der Waals surface area (Å²) in [5.74, 6) is -0.879. The number of halogens is 4. The van der Waals surface area contributed by atoms with Gasteiger partial charge in [0.1, 0.15) is 5.82 Å². The maximum Gasteiger partial charge on any atom is 0.573 e. The molecule has 1 amide bonds. The van der Waals surface area contributed by atoms with Gasteiger partial charge < -0.3 is 19.9 Å². The van der Waals surface area contributed by atoms with E-state index >= 15 is 0 Å². The Hall–Kier alpha value is -3.07. The van der Waals surface area contributed by atoms with Gasteiger partial charge in [0.25, 0.3) is 5.91 Å². The van der Waals surface area contributed by atoms with Gasteiger partial charge in [-0.15, -0.1) is 13.2 Å². The van der Waals surface area contributed by atoms with E-state index in [1.54, 1.807) is 33.9 Å². The Kier molecular flexibility index (Phi) is 6.84. The summed E-state index contributed by atoms with van der Waals surface area (Å²) in [6.07, 6.45) is -1.37. The number of amides is 1. The molecule has 2 N–H and O–H groups in total. The summed E-state index contributed by atoms with van der Waals surface area (Å²) in [4.78, 5) is 15.1. The highest BCUT2D eigenvalue weighted by molar-refractivity contribution is 6.08. The lowest BCUT2D eigenvalue weighted by Gasteiger charge is -2.32. The molecule has 0 aliphatic carbocycles. The van der Waals surface area contributed by atoms with Gasteiger partial charge in [-0.1, -0.05) is 31.2 Å². The lowest BCUT2D eigenvalue weighted by molar-refractivity contribution is -0.274. The number of nitrogens with zero attached hydrogens (tertiary/aromatic N) is 2. The number of likely N-dealkylation sites (tertiary alicyclic amines) is 1. The Labute approximate surface area is 195 Å². The fourth-order valence-corrected chi connectivity index (χ4v) is 4.72. The van der Waals surface area contributed by atoms with E-state index in [-0.39, 0.29) is 28.9 Å².